The van der Waals surface area contributed by atoms with Crippen LogP contribution in [0.5, 0.6) is 0 Å². The van der Waals surface area contributed by atoms with Crippen LogP contribution in [0.1, 0.15) is 17.1 Å². The van der Waals surface area contributed by atoms with Gasteiger partial charge in [-0.25, -0.2) is 0 Å². The van der Waals surface area contributed by atoms with Gasteiger partial charge in [0.25, 0.3) is 0 Å². The lowest BCUT2D eigenvalue weighted by atomic mass is 10.0. The summed E-state index contributed by atoms with van der Waals surface area (Å²) in [5.41, 5.74) is 8.97. The van der Waals surface area contributed by atoms with Gasteiger partial charge in [-0.05, 0) is 74.4 Å². The van der Waals surface area contributed by atoms with Crippen molar-refractivity contribution in [2.45, 2.75) is 20.8 Å². The number of nitrogens with one attached hydrogen (secondary N) is 1. The Morgan fingerprint density at radius 2 is 1.46 bits per heavy atom. The molecule has 0 aliphatic rings. The molecule has 4 aromatic rings. The first kappa shape index (κ1) is 14.6. The number of nitrogens with zero attached hydrogens (tertiary/aromatic N) is 2. The molecule has 118 valence electrons. The minimum atomic E-state index is 1.02. The Kier molecular flexibility index (Phi) is 3.42. The SMILES string of the molecule is Cc1cc(-c2cc3cc(-c4cc(C)nc(C)c4)ccc3[nH]2)ccn1. The molecule has 1 N–H and O–H groups in total. The summed E-state index contributed by atoms with van der Waals surface area (Å²) in [4.78, 5) is 12.2. The average Bonchev–Trinajstić information content (AvgIpc) is 2.97. The maximum atomic E-state index is 4.46. The standard InChI is InChI=1S/C21H19N3/c1-13-8-17(6-7-22-13)21-12-19-11-16(4-5-20(19)24-21)18-9-14(2)23-15(3)10-18/h4-12,24H,1-3H3. The van der Waals surface area contributed by atoms with Crippen molar-refractivity contribution in [1.29, 1.82) is 0 Å². The zero-order chi connectivity index (χ0) is 16.7. The quantitative estimate of drug-likeness (QED) is 0.551. The third kappa shape index (κ3) is 2.69. The molecule has 0 bridgehead atoms. The number of benzene rings is 1. The number of aromatic nitrogens is 3. The van der Waals surface area contributed by atoms with Crippen molar-refractivity contribution in [3.8, 4) is 22.4 Å². The molecule has 0 fully saturated rings. The van der Waals surface area contributed by atoms with E-state index in [0.29, 0.717) is 0 Å². The number of hydrogen-bond acceptors (Lipinski definition) is 2. The molecule has 0 saturated carbocycles. The lowest BCUT2D eigenvalue weighted by Crippen LogP contribution is -1.87. The fourth-order valence-electron chi connectivity index (χ4n) is 3.18. The Hall–Kier alpha value is -2.94. The monoisotopic (exact) mass is 313 g/mol. The van der Waals surface area contributed by atoms with E-state index in [-0.39, 0.29) is 0 Å². The van der Waals surface area contributed by atoms with Gasteiger partial charge in [0, 0.05) is 45.4 Å². The number of aryl methyl sites for hydroxylation is 3. The highest BCUT2D eigenvalue weighted by Crippen LogP contribution is 2.29. The Bertz CT molecular complexity index is 1020. The Morgan fingerprint density at radius 1 is 0.708 bits per heavy atom. The van der Waals surface area contributed by atoms with Crippen LogP contribution in [0.3, 0.4) is 0 Å². The van der Waals surface area contributed by atoms with Gasteiger partial charge in [-0.15, -0.1) is 0 Å². The molecule has 3 aromatic heterocycles. The maximum Gasteiger partial charge on any atom is 0.0466 e. The molecule has 0 amide bonds. The van der Waals surface area contributed by atoms with E-state index in [2.05, 4.69) is 57.4 Å². The zero-order valence-electron chi connectivity index (χ0n) is 14.1. The highest BCUT2D eigenvalue weighted by molar-refractivity contribution is 5.89. The molecule has 3 heteroatoms. The number of hydrogen-bond donors (Lipinski definition) is 1. The predicted molar refractivity (Wildman–Crippen MR) is 99.0 cm³/mol. The van der Waals surface area contributed by atoms with Gasteiger partial charge in [0.15, 0.2) is 0 Å². The van der Waals surface area contributed by atoms with Gasteiger partial charge in [-0.2, -0.15) is 0 Å². The predicted octanol–water partition coefficient (Wildman–Crippen LogP) is 5.22. The largest absolute Gasteiger partial charge is 0.355 e. The van der Waals surface area contributed by atoms with E-state index in [1.165, 1.54) is 16.5 Å². The molecule has 0 radical (unpaired) electrons. The van der Waals surface area contributed by atoms with Gasteiger partial charge in [-0.3, -0.25) is 9.97 Å². The zero-order valence-corrected chi connectivity index (χ0v) is 14.1. The van der Waals surface area contributed by atoms with Gasteiger partial charge >= 0.3 is 0 Å². The minimum Gasteiger partial charge on any atom is -0.355 e. The summed E-state index contributed by atoms with van der Waals surface area (Å²) in [6.07, 6.45) is 1.85. The van der Waals surface area contributed by atoms with E-state index in [4.69, 9.17) is 0 Å². The molecular weight excluding hydrogens is 294 g/mol. The van der Waals surface area contributed by atoms with Crippen LogP contribution in [0.2, 0.25) is 0 Å². The van der Waals surface area contributed by atoms with Gasteiger partial charge in [0.2, 0.25) is 0 Å². The van der Waals surface area contributed by atoms with Crippen LogP contribution in [0.4, 0.5) is 0 Å². The molecule has 0 atom stereocenters. The van der Waals surface area contributed by atoms with Crippen molar-refractivity contribution >= 4 is 10.9 Å². The van der Waals surface area contributed by atoms with Gasteiger partial charge in [0.05, 0.1) is 0 Å². The molecule has 3 nitrogen and oxygen atoms in total. The van der Waals surface area contributed by atoms with Crippen LogP contribution in [0, 0.1) is 20.8 Å². The molecule has 0 aliphatic carbocycles. The number of pyridine rings is 2. The fraction of sp³-hybridized carbons (Fsp3) is 0.143. The minimum absolute atomic E-state index is 1.02. The molecule has 0 saturated heterocycles. The summed E-state index contributed by atoms with van der Waals surface area (Å²) < 4.78 is 0. The second-order valence-corrected chi connectivity index (χ2v) is 6.31. The first-order chi connectivity index (χ1) is 11.6. The van der Waals surface area contributed by atoms with Crippen molar-refractivity contribution in [3.05, 3.63) is 71.8 Å². The van der Waals surface area contributed by atoms with Crippen molar-refractivity contribution < 1.29 is 0 Å². The summed E-state index contributed by atoms with van der Waals surface area (Å²) in [5.74, 6) is 0. The summed E-state index contributed by atoms with van der Waals surface area (Å²) in [6, 6.07) is 17.1. The van der Waals surface area contributed by atoms with E-state index >= 15 is 0 Å². The van der Waals surface area contributed by atoms with E-state index in [0.717, 1.165) is 33.9 Å². The van der Waals surface area contributed by atoms with Crippen LogP contribution >= 0.6 is 0 Å². The summed E-state index contributed by atoms with van der Waals surface area (Å²) in [6.45, 7) is 6.09. The second kappa shape index (κ2) is 5.60. The van der Waals surface area contributed by atoms with E-state index in [9.17, 15) is 0 Å². The highest BCUT2D eigenvalue weighted by Gasteiger charge is 2.07. The molecule has 0 unspecified atom stereocenters. The van der Waals surface area contributed by atoms with Gasteiger partial charge in [-0.1, -0.05) is 6.07 Å². The number of rotatable bonds is 2. The molecule has 4 rings (SSSR count). The average molecular weight is 313 g/mol. The highest BCUT2D eigenvalue weighted by atomic mass is 14.7. The van der Waals surface area contributed by atoms with E-state index in [1.807, 2.05) is 33.0 Å². The number of aromatic amines is 1. The normalized spacial score (nSPS) is 11.1. The molecule has 1 aromatic carbocycles. The number of fused-ring (bicyclic) bond motifs is 1. The Morgan fingerprint density at radius 3 is 2.21 bits per heavy atom. The second-order valence-electron chi connectivity index (χ2n) is 6.31. The Labute approximate surface area is 141 Å². The molecule has 24 heavy (non-hydrogen) atoms. The Balaban J connectivity index is 1.81. The first-order valence-electron chi connectivity index (χ1n) is 8.10. The van der Waals surface area contributed by atoms with Crippen LogP contribution in [0.15, 0.2) is 54.7 Å². The van der Waals surface area contributed by atoms with Gasteiger partial charge in [0.1, 0.15) is 0 Å². The van der Waals surface area contributed by atoms with E-state index in [1.54, 1.807) is 0 Å². The third-order valence-corrected chi connectivity index (χ3v) is 4.24. The number of H-pyrrole nitrogens is 1. The summed E-state index contributed by atoms with van der Waals surface area (Å²) in [5, 5.41) is 1.21. The molecule has 3 heterocycles. The van der Waals surface area contributed by atoms with Crippen LogP contribution in [-0.4, -0.2) is 15.0 Å². The van der Waals surface area contributed by atoms with Crippen LogP contribution < -0.4 is 0 Å². The van der Waals surface area contributed by atoms with Crippen molar-refractivity contribution in [1.82, 2.24) is 15.0 Å². The molecule has 0 aliphatic heterocycles. The smallest absolute Gasteiger partial charge is 0.0466 e. The van der Waals surface area contributed by atoms with Gasteiger partial charge < -0.3 is 4.98 Å². The fourth-order valence-corrected chi connectivity index (χ4v) is 3.18. The lowest BCUT2D eigenvalue weighted by molar-refractivity contribution is 1.12. The van der Waals surface area contributed by atoms with Crippen molar-refractivity contribution in [2.24, 2.45) is 0 Å². The first-order valence-corrected chi connectivity index (χ1v) is 8.10. The van der Waals surface area contributed by atoms with Crippen LogP contribution in [-0.2, 0) is 0 Å². The molecule has 0 spiro atoms. The lowest BCUT2D eigenvalue weighted by Gasteiger charge is -2.05. The van der Waals surface area contributed by atoms with E-state index < -0.39 is 0 Å². The summed E-state index contributed by atoms with van der Waals surface area (Å²) >= 11 is 0. The van der Waals surface area contributed by atoms with Crippen molar-refractivity contribution in [2.75, 3.05) is 0 Å². The summed E-state index contributed by atoms with van der Waals surface area (Å²) in [7, 11) is 0. The topological polar surface area (TPSA) is 41.6 Å². The van der Waals surface area contributed by atoms with Crippen molar-refractivity contribution in [3.63, 3.8) is 0 Å². The maximum absolute atomic E-state index is 4.46. The van der Waals surface area contributed by atoms with Crippen LogP contribution in [0.25, 0.3) is 33.3 Å². The third-order valence-electron chi connectivity index (χ3n) is 4.24. The molecular formula is C21H19N3.